The number of sulfonamides is 1. The fraction of sp³-hybridized carbons (Fsp3) is 0.438. The van der Waals surface area contributed by atoms with Gasteiger partial charge in [-0.2, -0.15) is 4.31 Å². The SMILES string of the molecule is COC1CCN(S(=O)(=O)c2cccc3ncccc23)C(CN)C1. The topological polar surface area (TPSA) is 85.5 Å². The van der Waals surface area contributed by atoms with E-state index in [0.29, 0.717) is 30.3 Å². The maximum atomic E-state index is 13.2. The molecule has 1 aliphatic heterocycles. The van der Waals surface area contributed by atoms with Crippen molar-refractivity contribution in [2.24, 2.45) is 5.73 Å². The molecule has 2 heterocycles. The highest BCUT2D eigenvalue weighted by Crippen LogP contribution is 2.29. The molecule has 0 spiro atoms. The van der Waals surface area contributed by atoms with Crippen molar-refractivity contribution in [1.29, 1.82) is 0 Å². The molecule has 6 nitrogen and oxygen atoms in total. The van der Waals surface area contributed by atoms with E-state index in [9.17, 15) is 8.42 Å². The van der Waals surface area contributed by atoms with Crippen LogP contribution in [0.25, 0.3) is 10.9 Å². The van der Waals surface area contributed by atoms with Crippen LogP contribution in [0.5, 0.6) is 0 Å². The Hall–Kier alpha value is -1.54. The molecule has 0 saturated carbocycles. The normalized spacial score (nSPS) is 23.2. The molecule has 2 N–H and O–H groups in total. The van der Waals surface area contributed by atoms with E-state index in [1.165, 1.54) is 4.31 Å². The predicted molar refractivity (Wildman–Crippen MR) is 88.5 cm³/mol. The third-order valence-electron chi connectivity index (χ3n) is 4.41. The highest BCUT2D eigenvalue weighted by Gasteiger charge is 2.36. The predicted octanol–water partition coefficient (Wildman–Crippen LogP) is 1.36. The maximum Gasteiger partial charge on any atom is 0.244 e. The molecule has 3 rings (SSSR count). The van der Waals surface area contributed by atoms with Crippen molar-refractivity contribution in [1.82, 2.24) is 9.29 Å². The Bertz CT molecular complexity index is 789. The van der Waals surface area contributed by atoms with Gasteiger partial charge in [0.25, 0.3) is 0 Å². The highest BCUT2D eigenvalue weighted by molar-refractivity contribution is 7.89. The summed E-state index contributed by atoms with van der Waals surface area (Å²) < 4.78 is 33.2. The van der Waals surface area contributed by atoms with Gasteiger partial charge in [-0.05, 0) is 37.1 Å². The first kappa shape index (κ1) is 16.3. The van der Waals surface area contributed by atoms with E-state index in [0.717, 1.165) is 0 Å². The van der Waals surface area contributed by atoms with Gasteiger partial charge in [0.2, 0.25) is 10.0 Å². The number of nitrogens with two attached hydrogens (primary N) is 1. The lowest BCUT2D eigenvalue weighted by atomic mass is 10.0. The smallest absolute Gasteiger partial charge is 0.244 e. The third kappa shape index (κ3) is 2.97. The first-order valence-electron chi connectivity index (χ1n) is 7.66. The van der Waals surface area contributed by atoms with Gasteiger partial charge in [0.15, 0.2) is 0 Å². The standard InChI is InChI=1S/C16H21N3O3S/c1-22-13-7-9-19(12(10-13)11-17)23(20,21)16-6-2-5-15-14(16)4-3-8-18-15/h2-6,8,12-13H,7,9-11,17H2,1H3. The summed E-state index contributed by atoms with van der Waals surface area (Å²) in [5.74, 6) is 0. The van der Waals surface area contributed by atoms with Crippen molar-refractivity contribution in [3.63, 3.8) is 0 Å². The van der Waals surface area contributed by atoms with Gasteiger partial charge in [0, 0.05) is 37.8 Å². The van der Waals surface area contributed by atoms with Crippen LogP contribution in [0.3, 0.4) is 0 Å². The molecule has 1 aliphatic rings. The van der Waals surface area contributed by atoms with Crippen LogP contribution in [0.1, 0.15) is 12.8 Å². The van der Waals surface area contributed by atoms with Crippen molar-refractivity contribution in [3.05, 3.63) is 36.5 Å². The van der Waals surface area contributed by atoms with E-state index in [1.807, 2.05) is 6.07 Å². The number of nitrogens with zero attached hydrogens (tertiary/aromatic N) is 2. The van der Waals surface area contributed by atoms with Crippen LogP contribution in [0, 0.1) is 0 Å². The number of benzene rings is 1. The van der Waals surface area contributed by atoms with E-state index in [4.69, 9.17) is 10.5 Å². The zero-order valence-electron chi connectivity index (χ0n) is 13.1. The van der Waals surface area contributed by atoms with Crippen LogP contribution in [-0.2, 0) is 14.8 Å². The molecule has 0 amide bonds. The number of aromatic nitrogens is 1. The Morgan fingerprint density at radius 1 is 1.35 bits per heavy atom. The lowest BCUT2D eigenvalue weighted by molar-refractivity contribution is 0.0402. The number of methoxy groups -OCH3 is 1. The monoisotopic (exact) mass is 335 g/mol. The summed E-state index contributed by atoms with van der Waals surface area (Å²) in [7, 11) is -1.97. The number of fused-ring (bicyclic) bond motifs is 1. The molecule has 1 aromatic carbocycles. The lowest BCUT2D eigenvalue weighted by Gasteiger charge is -2.37. The van der Waals surface area contributed by atoms with E-state index >= 15 is 0 Å². The van der Waals surface area contributed by atoms with Crippen LogP contribution in [0.15, 0.2) is 41.4 Å². The molecular weight excluding hydrogens is 314 g/mol. The Labute approximate surface area is 136 Å². The summed E-state index contributed by atoms with van der Waals surface area (Å²) in [6, 6.07) is 8.46. The van der Waals surface area contributed by atoms with Crippen LogP contribution in [0.4, 0.5) is 0 Å². The molecule has 1 aromatic heterocycles. The first-order valence-corrected chi connectivity index (χ1v) is 9.10. The average Bonchev–Trinajstić information content (AvgIpc) is 2.60. The average molecular weight is 335 g/mol. The number of hydrogen-bond donors (Lipinski definition) is 1. The molecule has 1 saturated heterocycles. The van der Waals surface area contributed by atoms with Crippen molar-refractivity contribution < 1.29 is 13.2 Å². The molecule has 23 heavy (non-hydrogen) atoms. The van der Waals surface area contributed by atoms with Gasteiger partial charge in [-0.25, -0.2) is 8.42 Å². The van der Waals surface area contributed by atoms with E-state index in [2.05, 4.69) is 4.98 Å². The van der Waals surface area contributed by atoms with Crippen molar-refractivity contribution in [3.8, 4) is 0 Å². The second-order valence-electron chi connectivity index (χ2n) is 5.71. The zero-order chi connectivity index (χ0) is 16.4. The highest BCUT2D eigenvalue weighted by atomic mass is 32.2. The number of ether oxygens (including phenoxy) is 1. The fourth-order valence-corrected chi connectivity index (χ4v) is 5.03. The van der Waals surface area contributed by atoms with Gasteiger partial charge in [-0.1, -0.05) is 6.07 Å². The quantitative estimate of drug-likeness (QED) is 0.912. The van der Waals surface area contributed by atoms with Gasteiger partial charge in [-0.15, -0.1) is 0 Å². The third-order valence-corrected chi connectivity index (χ3v) is 6.42. The minimum atomic E-state index is -3.62. The number of pyridine rings is 1. The summed E-state index contributed by atoms with van der Waals surface area (Å²) in [6.45, 7) is 0.696. The van der Waals surface area contributed by atoms with Gasteiger partial charge >= 0.3 is 0 Å². The first-order chi connectivity index (χ1) is 11.1. The minimum absolute atomic E-state index is 0.0594. The van der Waals surface area contributed by atoms with Crippen molar-refractivity contribution in [2.75, 3.05) is 20.2 Å². The second-order valence-corrected chi connectivity index (χ2v) is 7.57. The Kier molecular flexibility index (Phi) is 4.63. The molecule has 124 valence electrons. The zero-order valence-corrected chi connectivity index (χ0v) is 13.9. The summed E-state index contributed by atoms with van der Waals surface area (Å²) in [6.07, 6.45) is 3.01. The van der Waals surface area contributed by atoms with Gasteiger partial charge in [0.1, 0.15) is 0 Å². The summed E-state index contributed by atoms with van der Waals surface area (Å²) in [5.41, 5.74) is 6.49. The molecule has 0 aliphatic carbocycles. The Morgan fingerprint density at radius 3 is 2.91 bits per heavy atom. The molecule has 1 fully saturated rings. The maximum absolute atomic E-state index is 13.2. The van der Waals surface area contributed by atoms with Crippen molar-refractivity contribution in [2.45, 2.75) is 29.9 Å². The molecule has 2 unspecified atom stereocenters. The number of piperidine rings is 1. The van der Waals surface area contributed by atoms with E-state index < -0.39 is 10.0 Å². The molecule has 0 bridgehead atoms. The largest absolute Gasteiger partial charge is 0.381 e. The molecule has 0 radical (unpaired) electrons. The van der Waals surface area contributed by atoms with Gasteiger partial charge in [0.05, 0.1) is 16.5 Å². The Morgan fingerprint density at radius 2 is 2.17 bits per heavy atom. The minimum Gasteiger partial charge on any atom is -0.381 e. The van der Waals surface area contributed by atoms with E-state index in [-0.39, 0.29) is 23.6 Å². The lowest BCUT2D eigenvalue weighted by Crippen LogP contribution is -2.51. The van der Waals surface area contributed by atoms with Gasteiger partial charge in [-0.3, -0.25) is 4.98 Å². The van der Waals surface area contributed by atoms with Crippen LogP contribution < -0.4 is 5.73 Å². The van der Waals surface area contributed by atoms with Crippen LogP contribution >= 0.6 is 0 Å². The molecule has 7 heteroatoms. The van der Waals surface area contributed by atoms with Crippen molar-refractivity contribution >= 4 is 20.9 Å². The fourth-order valence-electron chi connectivity index (χ4n) is 3.16. The molecule has 2 atom stereocenters. The summed E-state index contributed by atoms with van der Waals surface area (Å²) in [5, 5.41) is 0.639. The number of hydrogen-bond acceptors (Lipinski definition) is 5. The van der Waals surface area contributed by atoms with E-state index in [1.54, 1.807) is 37.6 Å². The molecular formula is C16H21N3O3S. The summed E-state index contributed by atoms with van der Waals surface area (Å²) in [4.78, 5) is 4.53. The summed E-state index contributed by atoms with van der Waals surface area (Å²) >= 11 is 0. The van der Waals surface area contributed by atoms with Crippen LogP contribution in [-0.4, -0.2) is 50.1 Å². The Balaban J connectivity index is 2.03. The number of rotatable bonds is 4. The van der Waals surface area contributed by atoms with Crippen LogP contribution in [0.2, 0.25) is 0 Å². The second kappa shape index (κ2) is 6.52. The van der Waals surface area contributed by atoms with Gasteiger partial charge < -0.3 is 10.5 Å². The molecule has 2 aromatic rings.